The van der Waals surface area contributed by atoms with Crippen LogP contribution >= 0.6 is 0 Å². The zero-order valence-corrected chi connectivity index (χ0v) is 13.1. The number of nitrogens with zero attached hydrogens (tertiary/aromatic N) is 2. The van der Waals surface area contributed by atoms with Gasteiger partial charge in [0, 0.05) is 5.69 Å². The lowest BCUT2D eigenvalue weighted by Gasteiger charge is -2.10. The number of anilines is 2. The number of aromatic nitrogens is 2. The number of nitrogens with two attached hydrogens (primary N) is 2. The van der Waals surface area contributed by atoms with Gasteiger partial charge in [-0.1, -0.05) is 12.1 Å². The van der Waals surface area contributed by atoms with Gasteiger partial charge in [-0.2, -0.15) is 0 Å². The highest BCUT2D eigenvalue weighted by molar-refractivity contribution is 7.89. The summed E-state index contributed by atoms with van der Waals surface area (Å²) in [4.78, 5) is 20.2. The van der Waals surface area contributed by atoms with E-state index in [1.165, 1.54) is 24.3 Å². The predicted octanol–water partition coefficient (Wildman–Crippen LogP) is 1.12. The molecule has 24 heavy (non-hydrogen) atoms. The lowest BCUT2D eigenvalue weighted by atomic mass is 10.2. The molecule has 0 spiro atoms. The van der Waals surface area contributed by atoms with E-state index in [1.807, 2.05) is 0 Å². The molecule has 8 nitrogen and oxygen atoms in total. The first kappa shape index (κ1) is 15.8. The molecule has 5 N–H and O–H groups in total. The van der Waals surface area contributed by atoms with E-state index < -0.39 is 15.9 Å². The monoisotopic (exact) mass is 343 g/mol. The molecule has 0 aliphatic carbocycles. The molecule has 0 aliphatic rings. The predicted molar refractivity (Wildman–Crippen MR) is 89.2 cm³/mol. The highest BCUT2D eigenvalue weighted by atomic mass is 32.2. The van der Waals surface area contributed by atoms with Crippen molar-refractivity contribution in [3.63, 3.8) is 0 Å². The van der Waals surface area contributed by atoms with Crippen LogP contribution in [0.1, 0.15) is 10.5 Å². The third-order valence-electron chi connectivity index (χ3n) is 3.25. The van der Waals surface area contributed by atoms with Crippen molar-refractivity contribution in [2.45, 2.75) is 4.90 Å². The summed E-state index contributed by atoms with van der Waals surface area (Å²) in [5.74, 6) is -0.540. The standard InChI is InChI=1S/C15H13N5O3S/c16-14(21)13-15(20-12-4-2-1-3-11(12)19-13)18-9-5-7-10(8-6-9)24(17,22)23/h1-8H,(H2,16,21)(H,18,20)(H2,17,22,23). The second-order valence-corrected chi connectivity index (χ2v) is 6.53. The fraction of sp³-hybridized carbons (Fsp3) is 0. The first-order valence-corrected chi connectivity index (χ1v) is 8.36. The third-order valence-corrected chi connectivity index (χ3v) is 4.18. The van der Waals surface area contributed by atoms with Crippen molar-refractivity contribution in [1.82, 2.24) is 9.97 Å². The number of sulfonamides is 1. The maximum Gasteiger partial charge on any atom is 0.271 e. The molecule has 1 heterocycles. The van der Waals surface area contributed by atoms with E-state index in [0.717, 1.165) is 0 Å². The lowest BCUT2D eigenvalue weighted by Crippen LogP contribution is -2.16. The Hall–Kier alpha value is -3.04. The minimum Gasteiger partial charge on any atom is -0.364 e. The number of fused-ring (bicyclic) bond motifs is 1. The average Bonchev–Trinajstić information content (AvgIpc) is 2.53. The number of carbonyl (C=O) groups is 1. The van der Waals surface area contributed by atoms with Gasteiger partial charge in [-0.15, -0.1) is 0 Å². The number of hydrogen-bond acceptors (Lipinski definition) is 6. The van der Waals surface area contributed by atoms with E-state index in [9.17, 15) is 13.2 Å². The van der Waals surface area contributed by atoms with Gasteiger partial charge < -0.3 is 11.1 Å². The summed E-state index contributed by atoms with van der Waals surface area (Å²) in [7, 11) is -3.77. The van der Waals surface area contributed by atoms with Crippen LogP contribution in [0.4, 0.5) is 11.5 Å². The quantitative estimate of drug-likeness (QED) is 0.648. The Balaban J connectivity index is 2.02. The summed E-state index contributed by atoms with van der Waals surface area (Å²) in [6.07, 6.45) is 0. The first-order chi connectivity index (χ1) is 11.3. The summed E-state index contributed by atoms with van der Waals surface area (Å²) >= 11 is 0. The van der Waals surface area contributed by atoms with Crippen LogP contribution in [0.3, 0.4) is 0 Å². The summed E-state index contributed by atoms with van der Waals surface area (Å²) in [6.45, 7) is 0. The van der Waals surface area contributed by atoms with Crippen molar-refractivity contribution in [3.05, 3.63) is 54.2 Å². The molecule has 3 rings (SSSR count). The van der Waals surface area contributed by atoms with Gasteiger partial charge >= 0.3 is 0 Å². The topological polar surface area (TPSA) is 141 Å². The minimum absolute atomic E-state index is 0.00998. The van der Waals surface area contributed by atoms with E-state index in [0.29, 0.717) is 16.7 Å². The highest BCUT2D eigenvalue weighted by Gasteiger charge is 2.14. The van der Waals surface area contributed by atoms with Gasteiger partial charge in [0.25, 0.3) is 5.91 Å². The highest BCUT2D eigenvalue weighted by Crippen LogP contribution is 2.22. The number of nitrogens with one attached hydrogen (secondary N) is 1. The molecule has 0 unspecified atom stereocenters. The Bertz CT molecular complexity index is 1030. The van der Waals surface area contributed by atoms with Crippen molar-refractivity contribution < 1.29 is 13.2 Å². The first-order valence-electron chi connectivity index (χ1n) is 6.81. The second kappa shape index (κ2) is 5.87. The van der Waals surface area contributed by atoms with E-state index in [2.05, 4.69) is 15.3 Å². The Morgan fingerprint density at radius 2 is 1.54 bits per heavy atom. The van der Waals surface area contributed by atoms with E-state index in [-0.39, 0.29) is 16.4 Å². The van der Waals surface area contributed by atoms with Crippen LogP contribution in [0.2, 0.25) is 0 Å². The molecule has 1 aromatic heterocycles. The van der Waals surface area contributed by atoms with Crippen LogP contribution in [-0.4, -0.2) is 24.3 Å². The number of primary amides is 1. The van der Waals surface area contributed by atoms with E-state index in [4.69, 9.17) is 10.9 Å². The molecule has 1 amide bonds. The van der Waals surface area contributed by atoms with Crippen molar-refractivity contribution in [3.8, 4) is 0 Å². The van der Waals surface area contributed by atoms with Gasteiger partial charge in [0.05, 0.1) is 15.9 Å². The van der Waals surface area contributed by atoms with Crippen molar-refractivity contribution in [1.29, 1.82) is 0 Å². The van der Waals surface area contributed by atoms with Crippen LogP contribution in [-0.2, 0) is 10.0 Å². The SMILES string of the molecule is NC(=O)c1nc2ccccc2nc1Nc1ccc(S(N)(=O)=O)cc1. The summed E-state index contributed by atoms with van der Waals surface area (Å²) in [5.41, 5.74) is 6.99. The number of carbonyl (C=O) groups excluding carboxylic acids is 1. The summed E-state index contributed by atoms with van der Waals surface area (Å²) in [5, 5.41) is 7.97. The Kier molecular flexibility index (Phi) is 3.87. The molecule has 0 fully saturated rings. The molecular weight excluding hydrogens is 330 g/mol. The normalized spacial score (nSPS) is 11.4. The van der Waals surface area contributed by atoms with Gasteiger partial charge in [-0.25, -0.2) is 23.5 Å². The minimum atomic E-state index is -3.77. The number of para-hydroxylation sites is 2. The molecule has 0 bridgehead atoms. The molecule has 0 atom stereocenters. The van der Waals surface area contributed by atoms with Crippen molar-refractivity contribution in [2.24, 2.45) is 10.9 Å². The van der Waals surface area contributed by atoms with E-state index >= 15 is 0 Å². The smallest absolute Gasteiger partial charge is 0.271 e. The van der Waals surface area contributed by atoms with Crippen LogP contribution in [0, 0.1) is 0 Å². The largest absolute Gasteiger partial charge is 0.364 e. The fourth-order valence-corrected chi connectivity index (χ4v) is 2.64. The summed E-state index contributed by atoms with van der Waals surface area (Å²) in [6, 6.07) is 12.7. The number of benzene rings is 2. The van der Waals surface area contributed by atoms with Crippen LogP contribution < -0.4 is 16.2 Å². The zero-order chi connectivity index (χ0) is 17.3. The summed E-state index contributed by atoms with van der Waals surface area (Å²) < 4.78 is 22.5. The average molecular weight is 343 g/mol. The third kappa shape index (κ3) is 3.16. The Morgan fingerprint density at radius 3 is 2.08 bits per heavy atom. The van der Waals surface area contributed by atoms with Gasteiger partial charge in [0.2, 0.25) is 10.0 Å². The second-order valence-electron chi connectivity index (χ2n) is 4.97. The zero-order valence-electron chi connectivity index (χ0n) is 12.3. The molecule has 122 valence electrons. The molecule has 3 aromatic rings. The molecule has 0 saturated carbocycles. The maximum atomic E-state index is 11.6. The van der Waals surface area contributed by atoms with Crippen LogP contribution in [0.25, 0.3) is 11.0 Å². The Labute approximate surface area is 137 Å². The number of rotatable bonds is 4. The molecule has 2 aromatic carbocycles. The maximum absolute atomic E-state index is 11.6. The van der Waals surface area contributed by atoms with Crippen LogP contribution in [0.15, 0.2) is 53.4 Å². The molecule has 0 aliphatic heterocycles. The molecule has 0 radical (unpaired) electrons. The Morgan fingerprint density at radius 1 is 0.958 bits per heavy atom. The van der Waals surface area contributed by atoms with E-state index in [1.54, 1.807) is 24.3 Å². The molecule has 9 heteroatoms. The van der Waals surface area contributed by atoms with Gasteiger partial charge in [-0.05, 0) is 36.4 Å². The van der Waals surface area contributed by atoms with Gasteiger partial charge in [-0.3, -0.25) is 4.79 Å². The fourth-order valence-electron chi connectivity index (χ4n) is 2.12. The number of hydrogen-bond donors (Lipinski definition) is 3. The molecule has 0 saturated heterocycles. The lowest BCUT2D eigenvalue weighted by molar-refractivity contribution is 0.0996. The number of amides is 1. The molecular formula is C15H13N5O3S. The van der Waals surface area contributed by atoms with Gasteiger partial charge in [0.15, 0.2) is 11.5 Å². The van der Waals surface area contributed by atoms with Crippen LogP contribution in [0.5, 0.6) is 0 Å². The van der Waals surface area contributed by atoms with Crippen molar-refractivity contribution in [2.75, 3.05) is 5.32 Å². The number of primary sulfonamides is 1. The van der Waals surface area contributed by atoms with Crippen molar-refractivity contribution >= 4 is 38.5 Å². The van der Waals surface area contributed by atoms with Gasteiger partial charge in [0.1, 0.15) is 0 Å².